The van der Waals surface area contributed by atoms with Crippen molar-refractivity contribution in [2.24, 2.45) is 0 Å². The lowest BCUT2D eigenvalue weighted by Crippen LogP contribution is -2.16. The zero-order valence-corrected chi connectivity index (χ0v) is 8.84. The molecule has 1 heterocycles. The number of nitrogens with one attached hydrogen (secondary N) is 1. The first-order valence-electron chi connectivity index (χ1n) is 5.40. The van der Waals surface area contributed by atoms with Gasteiger partial charge in [0, 0.05) is 17.1 Å². The van der Waals surface area contributed by atoms with Crippen LogP contribution >= 0.6 is 0 Å². The van der Waals surface area contributed by atoms with Crippen LogP contribution in [0, 0.1) is 0 Å². The summed E-state index contributed by atoms with van der Waals surface area (Å²) in [7, 11) is 0. The van der Waals surface area contributed by atoms with Crippen molar-refractivity contribution in [2.45, 2.75) is 25.1 Å². The molecule has 0 spiro atoms. The molecule has 0 bridgehead atoms. The lowest BCUT2D eigenvalue weighted by molar-refractivity contribution is -0.274. The first-order chi connectivity index (χ1) is 8.03. The van der Waals surface area contributed by atoms with Gasteiger partial charge in [0.05, 0.1) is 0 Å². The number of hydrogen-bond acceptors (Lipinski definition) is 1. The van der Waals surface area contributed by atoms with Gasteiger partial charge in [-0.2, -0.15) is 0 Å². The predicted octanol–water partition coefficient (Wildman–Crippen LogP) is 3.94. The highest BCUT2D eigenvalue weighted by Crippen LogP contribution is 2.43. The number of H-pyrrole nitrogens is 1. The van der Waals surface area contributed by atoms with Gasteiger partial charge in [0.15, 0.2) is 0 Å². The van der Waals surface area contributed by atoms with Crippen LogP contribution in [-0.2, 0) is 0 Å². The molecule has 5 heteroatoms. The third-order valence-electron chi connectivity index (χ3n) is 2.94. The van der Waals surface area contributed by atoms with E-state index in [-0.39, 0.29) is 5.75 Å². The molecule has 0 radical (unpaired) electrons. The van der Waals surface area contributed by atoms with Gasteiger partial charge < -0.3 is 9.72 Å². The van der Waals surface area contributed by atoms with Gasteiger partial charge in [0.2, 0.25) is 0 Å². The third kappa shape index (κ3) is 2.09. The molecule has 1 aromatic heterocycles. The van der Waals surface area contributed by atoms with Crippen LogP contribution in [0.5, 0.6) is 5.75 Å². The van der Waals surface area contributed by atoms with E-state index in [1.54, 1.807) is 6.07 Å². The van der Waals surface area contributed by atoms with E-state index < -0.39 is 6.36 Å². The molecular formula is C12H10F3NO. The molecule has 1 N–H and O–H groups in total. The maximum atomic E-state index is 12.1. The van der Waals surface area contributed by atoms with E-state index in [1.807, 2.05) is 6.20 Å². The lowest BCUT2D eigenvalue weighted by Gasteiger charge is -2.08. The zero-order chi connectivity index (χ0) is 12.0. The molecule has 0 amide bonds. The quantitative estimate of drug-likeness (QED) is 0.846. The summed E-state index contributed by atoms with van der Waals surface area (Å²) in [5.41, 5.74) is 1.94. The van der Waals surface area contributed by atoms with Crippen molar-refractivity contribution in [2.75, 3.05) is 0 Å². The van der Waals surface area contributed by atoms with Crippen LogP contribution in [0.4, 0.5) is 13.2 Å². The molecular weight excluding hydrogens is 231 g/mol. The normalized spacial score (nSPS) is 16.4. The Balaban J connectivity index is 2.01. The summed E-state index contributed by atoms with van der Waals surface area (Å²) >= 11 is 0. The molecule has 1 fully saturated rings. The molecule has 2 aromatic rings. The molecule has 0 unspecified atom stereocenters. The van der Waals surface area contributed by atoms with Gasteiger partial charge in [-0.3, -0.25) is 0 Å². The van der Waals surface area contributed by atoms with Crippen LogP contribution in [0.1, 0.15) is 24.3 Å². The van der Waals surface area contributed by atoms with Crippen LogP contribution in [0.25, 0.3) is 10.9 Å². The molecule has 3 rings (SSSR count). The number of aromatic amines is 1. The summed E-state index contributed by atoms with van der Waals surface area (Å²) in [6.45, 7) is 0. The van der Waals surface area contributed by atoms with E-state index in [0.29, 0.717) is 5.92 Å². The third-order valence-corrected chi connectivity index (χ3v) is 2.94. The molecule has 1 aliphatic rings. The molecule has 0 atom stereocenters. The summed E-state index contributed by atoms with van der Waals surface area (Å²) in [6.07, 6.45) is -0.544. The smallest absolute Gasteiger partial charge is 0.406 e. The molecule has 2 nitrogen and oxygen atoms in total. The Bertz CT molecular complexity index is 554. The lowest BCUT2D eigenvalue weighted by atomic mass is 10.1. The minimum atomic E-state index is -4.64. The second kappa shape index (κ2) is 3.42. The van der Waals surface area contributed by atoms with Crippen LogP contribution in [0.2, 0.25) is 0 Å². The minimum Gasteiger partial charge on any atom is -0.406 e. The average molecular weight is 241 g/mol. The number of rotatable bonds is 2. The molecule has 0 saturated heterocycles. The van der Waals surface area contributed by atoms with Gasteiger partial charge in [-0.05, 0) is 42.5 Å². The van der Waals surface area contributed by atoms with Crippen LogP contribution < -0.4 is 4.74 Å². The molecule has 1 aliphatic carbocycles. The molecule has 90 valence electrons. The molecule has 17 heavy (non-hydrogen) atoms. The van der Waals surface area contributed by atoms with Gasteiger partial charge in [-0.15, -0.1) is 13.2 Å². The number of hydrogen-bond donors (Lipinski definition) is 1. The molecule has 0 aliphatic heterocycles. The Kier molecular flexibility index (Phi) is 2.11. The van der Waals surface area contributed by atoms with E-state index in [1.165, 1.54) is 12.1 Å². The van der Waals surface area contributed by atoms with Gasteiger partial charge in [-0.25, -0.2) is 0 Å². The second-order valence-corrected chi connectivity index (χ2v) is 4.27. The first-order valence-corrected chi connectivity index (χ1v) is 5.40. The Morgan fingerprint density at radius 2 is 2.00 bits per heavy atom. The summed E-state index contributed by atoms with van der Waals surface area (Å²) in [5, 5.41) is 0.828. The predicted molar refractivity (Wildman–Crippen MR) is 57.0 cm³/mol. The first kappa shape index (κ1) is 10.5. The fourth-order valence-electron chi connectivity index (χ4n) is 2.05. The number of ether oxygens (including phenoxy) is 1. The van der Waals surface area contributed by atoms with Crippen LogP contribution in [-0.4, -0.2) is 11.3 Å². The summed E-state index contributed by atoms with van der Waals surface area (Å²) in [5.74, 6) is 0.330. The van der Waals surface area contributed by atoms with Crippen molar-refractivity contribution in [3.8, 4) is 5.75 Å². The largest absolute Gasteiger partial charge is 0.573 e. The Morgan fingerprint density at radius 1 is 1.24 bits per heavy atom. The Hall–Kier alpha value is -1.65. The van der Waals surface area contributed by atoms with E-state index in [9.17, 15) is 13.2 Å². The Labute approximate surface area is 95.4 Å². The van der Waals surface area contributed by atoms with Crippen molar-refractivity contribution >= 4 is 10.9 Å². The van der Waals surface area contributed by atoms with Crippen molar-refractivity contribution in [1.82, 2.24) is 4.98 Å². The topological polar surface area (TPSA) is 25.0 Å². The Morgan fingerprint density at radius 3 is 2.65 bits per heavy atom. The SMILES string of the molecule is FC(F)(F)Oc1ccc2[nH]cc(C3CC3)c2c1. The number of benzene rings is 1. The van der Waals surface area contributed by atoms with E-state index >= 15 is 0 Å². The monoisotopic (exact) mass is 241 g/mol. The van der Waals surface area contributed by atoms with Crippen molar-refractivity contribution in [1.29, 1.82) is 0 Å². The highest BCUT2D eigenvalue weighted by molar-refractivity contribution is 5.85. The number of fused-ring (bicyclic) bond motifs is 1. The van der Waals surface area contributed by atoms with Crippen LogP contribution in [0.3, 0.4) is 0 Å². The van der Waals surface area contributed by atoms with Gasteiger partial charge in [-0.1, -0.05) is 0 Å². The summed E-state index contributed by atoms with van der Waals surface area (Å²) in [6, 6.07) is 4.39. The second-order valence-electron chi connectivity index (χ2n) is 4.27. The van der Waals surface area contributed by atoms with Gasteiger partial charge in [0.25, 0.3) is 0 Å². The van der Waals surface area contributed by atoms with E-state index in [4.69, 9.17) is 0 Å². The highest BCUT2D eigenvalue weighted by atomic mass is 19.4. The fourth-order valence-corrected chi connectivity index (χ4v) is 2.05. The number of alkyl halides is 3. The summed E-state index contributed by atoms with van der Waals surface area (Å²) < 4.78 is 40.2. The van der Waals surface area contributed by atoms with Gasteiger partial charge in [0.1, 0.15) is 5.75 Å². The molecule has 1 aromatic carbocycles. The molecule has 1 saturated carbocycles. The van der Waals surface area contributed by atoms with Crippen molar-refractivity contribution in [3.63, 3.8) is 0 Å². The standard InChI is InChI=1S/C12H10F3NO/c13-12(14,15)17-8-3-4-11-9(5-8)10(6-16-11)7-1-2-7/h3-7,16H,1-2H2. The van der Waals surface area contributed by atoms with E-state index in [2.05, 4.69) is 9.72 Å². The summed E-state index contributed by atoms with van der Waals surface area (Å²) in [4.78, 5) is 3.06. The highest BCUT2D eigenvalue weighted by Gasteiger charge is 2.31. The maximum Gasteiger partial charge on any atom is 0.573 e. The van der Waals surface area contributed by atoms with Crippen molar-refractivity contribution < 1.29 is 17.9 Å². The maximum absolute atomic E-state index is 12.1. The van der Waals surface area contributed by atoms with E-state index in [0.717, 1.165) is 29.3 Å². The number of aromatic nitrogens is 1. The van der Waals surface area contributed by atoms with Crippen molar-refractivity contribution in [3.05, 3.63) is 30.0 Å². The average Bonchev–Trinajstić information content (AvgIpc) is 2.97. The number of halogens is 3. The zero-order valence-electron chi connectivity index (χ0n) is 8.84. The minimum absolute atomic E-state index is 0.161. The fraction of sp³-hybridized carbons (Fsp3) is 0.333. The van der Waals surface area contributed by atoms with Gasteiger partial charge >= 0.3 is 6.36 Å². The van der Waals surface area contributed by atoms with Crippen LogP contribution in [0.15, 0.2) is 24.4 Å².